The van der Waals surface area contributed by atoms with Crippen molar-refractivity contribution in [3.8, 4) is 0 Å². The number of hydrogen-bond acceptors (Lipinski definition) is 6. The lowest BCUT2D eigenvalue weighted by Gasteiger charge is -1.99. The molecule has 1 aromatic carbocycles. The molecule has 0 spiro atoms. The van der Waals surface area contributed by atoms with Crippen LogP contribution in [-0.4, -0.2) is 24.0 Å². The molecule has 8 heteroatoms. The minimum atomic E-state index is -3.57. The summed E-state index contributed by atoms with van der Waals surface area (Å²) in [4.78, 5) is 4.12. The van der Waals surface area contributed by atoms with E-state index in [0.29, 0.717) is 10.2 Å². The average molecular weight is 307 g/mol. The van der Waals surface area contributed by atoms with Crippen LogP contribution in [0.2, 0.25) is 5.02 Å². The highest BCUT2D eigenvalue weighted by atomic mass is 35.5. The number of rotatable bonds is 3. The molecule has 0 radical (unpaired) electrons. The summed E-state index contributed by atoms with van der Waals surface area (Å²) in [5, 5.41) is 0.952. The second kappa shape index (κ2) is 4.93. The van der Waals surface area contributed by atoms with E-state index in [1.807, 2.05) is 0 Å². The van der Waals surface area contributed by atoms with Gasteiger partial charge in [-0.15, -0.1) is 0 Å². The third-order valence-corrected chi connectivity index (χ3v) is 5.68. The summed E-state index contributed by atoms with van der Waals surface area (Å²) in [5.74, 6) is 0. The zero-order valence-corrected chi connectivity index (χ0v) is 11.8. The van der Waals surface area contributed by atoms with Crippen LogP contribution in [0.25, 0.3) is 0 Å². The van der Waals surface area contributed by atoms with Crippen LogP contribution < -0.4 is 0 Å². The summed E-state index contributed by atoms with van der Waals surface area (Å²) in [6.07, 6.45) is 1.79. The van der Waals surface area contributed by atoms with Gasteiger partial charge in [0.15, 0.2) is 0 Å². The van der Waals surface area contributed by atoms with Crippen molar-refractivity contribution in [3.63, 3.8) is 0 Å². The Kier molecular flexibility index (Phi) is 3.72. The van der Waals surface area contributed by atoms with E-state index >= 15 is 0 Å². The Hall–Kier alpha value is -0.630. The van der Waals surface area contributed by atoms with Crippen molar-refractivity contribution in [1.29, 1.82) is 0 Å². The lowest BCUT2D eigenvalue weighted by Crippen LogP contribution is -2.01. The molecule has 0 unspecified atom stereocenters. The molecule has 90 valence electrons. The summed E-state index contributed by atoms with van der Waals surface area (Å²) in [6, 6.07) is 5.98. The maximum absolute atomic E-state index is 12.1. The Morgan fingerprint density at radius 3 is 2.47 bits per heavy atom. The Bertz CT molecular complexity index is 622. The van der Waals surface area contributed by atoms with Gasteiger partial charge in [-0.05, 0) is 42.1 Å². The number of sulfone groups is 1. The zero-order valence-electron chi connectivity index (χ0n) is 8.62. The molecule has 0 aliphatic rings. The van der Waals surface area contributed by atoms with Crippen LogP contribution >= 0.6 is 34.9 Å². The predicted octanol–water partition coefficient (Wildman–Crippen LogP) is 2.75. The van der Waals surface area contributed by atoms with E-state index in [1.54, 1.807) is 6.26 Å². The third kappa shape index (κ3) is 2.62. The highest BCUT2D eigenvalue weighted by Gasteiger charge is 2.22. The van der Waals surface area contributed by atoms with Gasteiger partial charge in [0.25, 0.3) is 0 Å². The van der Waals surface area contributed by atoms with Crippen LogP contribution in [0, 0.1) is 0 Å². The molecule has 2 aromatic rings. The third-order valence-electron chi connectivity index (χ3n) is 1.93. The zero-order chi connectivity index (χ0) is 12.5. The Balaban J connectivity index is 2.46. The lowest BCUT2D eigenvalue weighted by atomic mass is 10.4. The van der Waals surface area contributed by atoms with Crippen molar-refractivity contribution in [3.05, 3.63) is 29.3 Å². The Morgan fingerprint density at radius 2 is 1.94 bits per heavy atom. The average Bonchev–Trinajstić information content (AvgIpc) is 2.78. The van der Waals surface area contributed by atoms with E-state index in [9.17, 15) is 8.42 Å². The first-order chi connectivity index (χ1) is 8.04. The molecule has 0 saturated carbocycles. The van der Waals surface area contributed by atoms with Crippen LogP contribution in [0.15, 0.2) is 38.7 Å². The fourth-order valence-electron chi connectivity index (χ4n) is 1.10. The molecule has 0 N–H and O–H groups in total. The summed E-state index contributed by atoms with van der Waals surface area (Å²) in [7, 11) is -3.57. The monoisotopic (exact) mass is 306 g/mol. The van der Waals surface area contributed by atoms with Gasteiger partial charge < -0.3 is 0 Å². The maximum Gasteiger partial charge on any atom is 0.235 e. The first-order valence-electron chi connectivity index (χ1n) is 4.42. The summed E-state index contributed by atoms with van der Waals surface area (Å²) in [5.41, 5.74) is 0. The maximum atomic E-state index is 12.1. The van der Waals surface area contributed by atoms with Gasteiger partial charge >= 0.3 is 0 Å². The molecule has 0 bridgehead atoms. The number of benzene rings is 1. The van der Waals surface area contributed by atoms with E-state index in [2.05, 4.69) is 9.36 Å². The van der Waals surface area contributed by atoms with Crippen molar-refractivity contribution in [1.82, 2.24) is 9.36 Å². The SMILES string of the molecule is CSc1nsc(S(=O)(=O)c2ccc(Cl)cc2)n1. The van der Waals surface area contributed by atoms with Gasteiger partial charge in [0.1, 0.15) is 0 Å². The van der Waals surface area contributed by atoms with Gasteiger partial charge in [-0.25, -0.2) is 8.42 Å². The second-order valence-electron chi connectivity index (χ2n) is 3.00. The van der Waals surface area contributed by atoms with Gasteiger partial charge in [0.05, 0.1) is 4.90 Å². The van der Waals surface area contributed by atoms with Crippen molar-refractivity contribution < 1.29 is 8.42 Å². The van der Waals surface area contributed by atoms with Crippen LogP contribution in [0.4, 0.5) is 0 Å². The first kappa shape index (κ1) is 12.8. The molecule has 1 heterocycles. The highest BCUT2D eigenvalue weighted by Crippen LogP contribution is 2.25. The lowest BCUT2D eigenvalue weighted by molar-refractivity contribution is 0.594. The number of hydrogen-bond donors (Lipinski definition) is 0. The van der Waals surface area contributed by atoms with Gasteiger partial charge in [0, 0.05) is 5.02 Å². The fourth-order valence-corrected chi connectivity index (χ4v) is 3.96. The van der Waals surface area contributed by atoms with E-state index in [4.69, 9.17) is 11.6 Å². The smallest absolute Gasteiger partial charge is 0.216 e. The van der Waals surface area contributed by atoms with Gasteiger partial charge in [-0.2, -0.15) is 9.36 Å². The topological polar surface area (TPSA) is 59.9 Å². The van der Waals surface area contributed by atoms with E-state index < -0.39 is 9.84 Å². The number of aromatic nitrogens is 2. The second-order valence-corrected chi connectivity index (χ2v) is 7.09. The van der Waals surface area contributed by atoms with Crippen LogP contribution in [-0.2, 0) is 9.84 Å². The van der Waals surface area contributed by atoms with E-state index in [0.717, 1.165) is 11.5 Å². The number of thioether (sulfide) groups is 1. The molecule has 1 aromatic heterocycles. The van der Waals surface area contributed by atoms with Crippen LogP contribution in [0.5, 0.6) is 0 Å². The van der Waals surface area contributed by atoms with Crippen molar-refractivity contribution in [2.24, 2.45) is 0 Å². The molecule has 0 saturated heterocycles. The molecule has 0 atom stereocenters. The standard InChI is InChI=1S/C9H7ClN2O2S3/c1-15-8-11-9(16-12-8)17(13,14)7-4-2-6(10)3-5-7/h2-5H,1H3. The minimum absolute atomic E-state index is 0.00386. The molecule has 4 nitrogen and oxygen atoms in total. The molecule has 17 heavy (non-hydrogen) atoms. The molecular formula is C9H7ClN2O2S3. The van der Waals surface area contributed by atoms with Gasteiger partial charge in [-0.3, -0.25) is 0 Å². The van der Waals surface area contributed by atoms with Crippen molar-refractivity contribution in [2.45, 2.75) is 14.4 Å². The van der Waals surface area contributed by atoms with Gasteiger partial charge in [-0.1, -0.05) is 23.4 Å². The molecule has 0 fully saturated rings. The quantitative estimate of drug-likeness (QED) is 0.816. The van der Waals surface area contributed by atoms with Crippen molar-refractivity contribution >= 4 is 44.7 Å². The van der Waals surface area contributed by atoms with E-state index in [-0.39, 0.29) is 9.24 Å². The fraction of sp³-hybridized carbons (Fsp3) is 0.111. The van der Waals surface area contributed by atoms with Gasteiger partial charge in [0.2, 0.25) is 19.3 Å². The summed E-state index contributed by atoms with van der Waals surface area (Å²) >= 11 is 7.89. The molecule has 2 rings (SSSR count). The summed E-state index contributed by atoms with van der Waals surface area (Å²) < 4.78 is 28.2. The Morgan fingerprint density at radius 1 is 1.29 bits per heavy atom. The van der Waals surface area contributed by atoms with E-state index in [1.165, 1.54) is 36.0 Å². The normalized spacial score (nSPS) is 11.6. The molecule has 0 aliphatic heterocycles. The van der Waals surface area contributed by atoms with Crippen LogP contribution in [0.3, 0.4) is 0 Å². The molecule has 0 amide bonds. The summed E-state index contributed by atoms with van der Waals surface area (Å²) in [6.45, 7) is 0. The Labute approximate surface area is 112 Å². The van der Waals surface area contributed by atoms with Crippen molar-refractivity contribution in [2.75, 3.05) is 6.26 Å². The minimum Gasteiger partial charge on any atom is -0.216 e. The molecule has 0 aliphatic carbocycles. The number of halogens is 1. The highest BCUT2D eigenvalue weighted by molar-refractivity contribution is 7.98. The predicted molar refractivity (Wildman–Crippen MR) is 68.6 cm³/mol. The largest absolute Gasteiger partial charge is 0.235 e. The number of nitrogens with zero attached hydrogens (tertiary/aromatic N) is 2. The van der Waals surface area contributed by atoms with Crippen LogP contribution in [0.1, 0.15) is 0 Å². The first-order valence-corrected chi connectivity index (χ1v) is 8.28. The molecular weight excluding hydrogens is 300 g/mol.